The molecule has 0 amide bonds. The Bertz CT molecular complexity index is 923. The molecule has 2 aromatic heterocycles. The van der Waals surface area contributed by atoms with Crippen LogP contribution >= 0.6 is 11.6 Å². The van der Waals surface area contributed by atoms with E-state index < -0.39 is 0 Å². The lowest BCUT2D eigenvalue weighted by atomic mass is 10.2. The molecule has 4 heteroatoms. The summed E-state index contributed by atoms with van der Waals surface area (Å²) in [6.07, 6.45) is 1.77. The van der Waals surface area contributed by atoms with Gasteiger partial charge in [-0.3, -0.25) is 4.57 Å². The van der Waals surface area contributed by atoms with Crippen LogP contribution in [0.15, 0.2) is 71.4 Å². The van der Waals surface area contributed by atoms with E-state index in [9.17, 15) is 0 Å². The zero-order valence-electron chi connectivity index (χ0n) is 11.0. The molecule has 2 heterocycles. The minimum atomic E-state index is 0.693. The fourth-order valence-corrected chi connectivity index (χ4v) is 2.58. The Labute approximate surface area is 126 Å². The Balaban J connectivity index is 1.81. The number of rotatable bonds is 2. The molecule has 0 unspecified atom stereocenters. The Morgan fingerprint density at radius 2 is 1.86 bits per heavy atom. The summed E-state index contributed by atoms with van der Waals surface area (Å²) in [5.41, 5.74) is 2.92. The number of para-hydroxylation sites is 2. The van der Waals surface area contributed by atoms with Gasteiger partial charge >= 0.3 is 0 Å². The zero-order chi connectivity index (χ0) is 14.2. The van der Waals surface area contributed by atoms with Crippen LogP contribution in [0.4, 0.5) is 0 Å². The summed E-state index contributed by atoms with van der Waals surface area (Å²) in [5, 5.41) is 0.693. The predicted molar refractivity (Wildman–Crippen MR) is 83.8 cm³/mol. The molecule has 0 saturated carbocycles. The van der Waals surface area contributed by atoms with E-state index in [-0.39, 0.29) is 0 Å². The average Bonchev–Trinajstić information content (AvgIpc) is 3.14. The van der Waals surface area contributed by atoms with Gasteiger partial charge in [-0.05, 0) is 30.3 Å². The van der Waals surface area contributed by atoms with E-state index in [1.165, 1.54) is 0 Å². The maximum Gasteiger partial charge on any atom is 0.205 e. The minimum Gasteiger partial charge on any atom is -0.440 e. The molecule has 0 aliphatic carbocycles. The molecule has 0 radical (unpaired) electrons. The zero-order valence-corrected chi connectivity index (χ0v) is 11.8. The Kier molecular flexibility index (Phi) is 2.79. The molecule has 0 fully saturated rings. The van der Waals surface area contributed by atoms with Crippen molar-refractivity contribution in [3.05, 3.63) is 72.0 Å². The lowest BCUT2D eigenvalue weighted by Gasteiger charge is -2.00. The molecule has 21 heavy (non-hydrogen) atoms. The summed E-state index contributed by atoms with van der Waals surface area (Å²) in [6, 6.07) is 19.4. The quantitative estimate of drug-likeness (QED) is 0.524. The second-order valence-electron chi connectivity index (χ2n) is 4.75. The van der Waals surface area contributed by atoms with E-state index in [2.05, 4.69) is 4.98 Å². The fraction of sp³-hybridized carbons (Fsp3) is 0. The van der Waals surface area contributed by atoms with Gasteiger partial charge < -0.3 is 4.42 Å². The first-order chi connectivity index (χ1) is 10.3. The maximum atomic E-state index is 6.02. The number of hydrogen-bond donors (Lipinski definition) is 0. The van der Waals surface area contributed by atoms with Crippen molar-refractivity contribution < 1.29 is 4.42 Å². The Morgan fingerprint density at radius 3 is 2.76 bits per heavy atom. The fourth-order valence-electron chi connectivity index (χ4n) is 2.39. The summed E-state index contributed by atoms with van der Waals surface area (Å²) >= 11 is 6.02. The third-order valence-electron chi connectivity index (χ3n) is 3.39. The van der Waals surface area contributed by atoms with Crippen molar-refractivity contribution in [3.8, 4) is 17.2 Å². The normalized spacial score (nSPS) is 11.1. The number of fused-ring (bicyclic) bond motifs is 1. The van der Waals surface area contributed by atoms with Gasteiger partial charge in [0.15, 0.2) is 0 Å². The molecule has 2 aromatic carbocycles. The van der Waals surface area contributed by atoms with Gasteiger partial charge in [0.25, 0.3) is 0 Å². The van der Waals surface area contributed by atoms with Crippen molar-refractivity contribution in [2.75, 3.05) is 0 Å². The molecular formula is C17H11ClN2O. The third kappa shape index (κ3) is 2.12. The molecular weight excluding hydrogens is 284 g/mol. The number of halogens is 1. The van der Waals surface area contributed by atoms with Crippen molar-refractivity contribution in [1.29, 1.82) is 0 Å². The van der Waals surface area contributed by atoms with Gasteiger partial charge in [-0.15, -0.1) is 0 Å². The third-order valence-corrected chi connectivity index (χ3v) is 3.63. The topological polar surface area (TPSA) is 31.0 Å². The number of hydrogen-bond acceptors (Lipinski definition) is 2. The van der Waals surface area contributed by atoms with E-state index in [0.717, 1.165) is 28.2 Å². The molecule has 0 aliphatic rings. The van der Waals surface area contributed by atoms with Gasteiger partial charge in [0.05, 0.1) is 11.0 Å². The first-order valence-electron chi connectivity index (χ1n) is 6.59. The first-order valence-corrected chi connectivity index (χ1v) is 6.97. The summed E-state index contributed by atoms with van der Waals surface area (Å²) in [5.74, 6) is 1.52. The van der Waals surface area contributed by atoms with Gasteiger partial charge in [0, 0.05) is 16.7 Å². The second-order valence-corrected chi connectivity index (χ2v) is 5.19. The van der Waals surface area contributed by atoms with Crippen molar-refractivity contribution in [2.24, 2.45) is 0 Å². The van der Waals surface area contributed by atoms with Crippen LogP contribution in [0.5, 0.6) is 0 Å². The molecule has 4 aromatic rings. The van der Waals surface area contributed by atoms with E-state index in [4.69, 9.17) is 16.0 Å². The van der Waals surface area contributed by atoms with Crippen LogP contribution in [0.1, 0.15) is 0 Å². The van der Waals surface area contributed by atoms with Crippen LogP contribution in [0.25, 0.3) is 28.2 Å². The summed E-state index contributed by atoms with van der Waals surface area (Å²) in [4.78, 5) is 4.37. The highest BCUT2D eigenvalue weighted by Gasteiger charge is 2.09. The summed E-state index contributed by atoms with van der Waals surface area (Å²) < 4.78 is 7.88. The lowest BCUT2D eigenvalue weighted by Crippen LogP contribution is -1.88. The van der Waals surface area contributed by atoms with E-state index in [1.54, 1.807) is 6.33 Å². The van der Waals surface area contributed by atoms with Crippen LogP contribution in [0.3, 0.4) is 0 Å². The highest BCUT2D eigenvalue weighted by molar-refractivity contribution is 6.30. The van der Waals surface area contributed by atoms with Crippen molar-refractivity contribution in [1.82, 2.24) is 9.55 Å². The highest BCUT2D eigenvalue weighted by atomic mass is 35.5. The van der Waals surface area contributed by atoms with E-state index in [0.29, 0.717) is 5.02 Å². The molecule has 0 aliphatic heterocycles. The molecule has 3 nitrogen and oxygen atoms in total. The van der Waals surface area contributed by atoms with Gasteiger partial charge in [-0.25, -0.2) is 4.98 Å². The average molecular weight is 295 g/mol. The van der Waals surface area contributed by atoms with Crippen molar-refractivity contribution in [3.63, 3.8) is 0 Å². The van der Waals surface area contributed by atoms with Crippen LogP contribution in [0.2, 0.25) is 5.02 Å². The van der Waals surface area contributed by atoms with E-state index in [1.807, 2.05) is 65.2 Å². The first kappa shape index (κ1) is 12.2. The highest BCUT2D eigenvalue weighted by Crippen LogP contribution is 2.27. The molecule has 0 bridgehead atoms. The Hall–Kier alpha value is -2.52. The van der Waals surface area contributed by atoms with Gasteiger partial charge in [0.2, 0.25) is 5.88 Å². The van der Waals surface area contributed by atoms with Crippen molar-refractivity contribution >= 4 is 22.6 Å². The summed E-state index contributed by atoms with van der Waals surface area (Å²) in [7, 11) is 0. The smallest absolute Gasteiger partial charge is 0.205 e. The van der Waals surface area contributed by atoms with Crippen LogP contribution in [0, 0.1) is 0 Å². The molecule has 4 rings (SSSR count). The Morgan fingerprint density at radius 1 is 0.952 bits per heavy atom. The predicted octanol–water partition coefficient (Wildman–Crippen LogP) is 4.94. The molecule has 0 N–H and O–H groups in total. The lowest BCUT2D eigenvalue weighted by molar-refractivity contribution is 0.555. The molecule has 0 saturated heterocycles. The standard InChI is InChI=1S/C17H11ClN2O/c18-13-5-3-4-12(10-13)16-8-9-17(21-16)20-11-19-14-6-1-2-7-15(14)20/h1-11H. The van der Waals surface area contributed by atoms with Crippen LogP contribution in [-0.2, 0) is 0 Å². The maximum absolute atomic E-state index is 6.02. The summed E-state index contributed by atoms with van der Waals surface area (Å²) in [6.45, 7) is 0. The van der Waals surface area contributed by atoms with Crippen molar-refractivity contribution in [2.45, 2.75) is 0 Å². The van der Waals surface area contributed by atoms with Crippen LogP contribution in [-0.4, -0.2) is 9.55 Å². The largest absolute Gasteiger partial charge is 0.440 e. The molecule has 0 spiro atoms. The number of benzene rings is 2. The van der Waals surface area contributed by atoms with Crippen LogP contribution < -0.4 is 0 Å². The second kappa shape index (κ2) is 4.79. The number of imidazole rings is 1. The number of nitrogens with zero attached hydrogens (tertiary/aromatic N) is 2. The monoisotopic (exact) mass is 294 g/mol. The number of furan rings is 1. The molecule has 102 valence electrons. The van der Waals surface area contributed by atoms with E-state index >= 15 is 0 Å². The molecule has 0 atom stereocenters. The van der Waals surface area contributed by atoms with Gasteiger partial charge in [0.1, 0.15) is 12.1 Å². The van der Waals surface area contributed by atoms with Gasteiger partial charge in [-0.2, -0.15) is 0 Å². The van der Waals surface area contributed by atoms with Gasteiger partial charge in [-0.1, -0.05) is 35.9 Å². The number of aromatic nitrogens is 2. The SMILES string of the molecule is Clc1cccc(-c2ccc(-n3cnc4ccccc43)o2)c1. The minimum absolute atomic E-state index is 0.693.